The number of hydrogen-bond acceptors (Lipinski definition) is 3. The summed E-state index contributed by atoms with van der Waals surface area (Å²) >= 11 is 0. The molecule has 1 aliphatic heterocycles. The molecule has 1 saturated heterocycles. The standard InChI is InChI=1S/C16H30N4O2/c1-4-14(21)20-9-5-13(11-20)19-15(17-2)18-12-16(6-7-16)8-10-22-3/h13H,4-12H2,1-3H3,(H2,17,18,19). The first-order chi connectivity index (χ1) is 10.6. The van der Waals surface area contributed by atoms with E-state index in [1.807, 2.05) is 11.8 Å². The van der Waals surface area contributed by atoms with Crippen LogP contribution in [0.3, 0.4) is 0 Å². The van der Waals surface area contributed by atoms with E-state index >= 15 is 0 Å². The van der Waals surface area contributed by atoms with Gasteiger partial charge in [0, 0.05) is 52.9 Å². The zero-order chi connectivity index (χ0) is 16.0. The van der Waals surface area contributed by atoms with Gasteiger partial charge in [0.25, 0.3) is 0 Å². The number of ether oxygens (including phenoxy) is 1. The van der Waals surface area contributed by atoms with E-state index in [9.17, 15) is 4.79 Å². The molecule has 6 heteroatoms. The van der Waals surface area contributed by atoms with Crippen LogP contribution < -0.4 is 10.6 Å². The molecule has 0 aromatic carbocycles. The van der Waals surface area contributed by atoms with Crippen LogP contribution in [0.1, 0.15) is 39.0 Å². The van der Waals surface area contributed by atoms with Crippen molar-refractivity contribution < 1.29 is 9.53 Å². The van der Waals surface area contributed by atoms with Gasteiger partial charge in [-0.25, -0.2) is 0 Å². The number of amides is 1. The van der Waals surface area contributed by atoms with Gasteiger partial charge in [-0.2, -0.15) is 0 Å². The lowest BCUT2D eigenvalue weighted by atomic mass is 10.0. The first kappa shape index (κ1) is 17.1. The normalized spacial score (nSPS) is 23.5. The molecule has 126 valence electrons. The topological polar surface area (TPSA) is 66.0 Å². The summed E-state index contributed by atoms with van der Waals surface area (Å²) in [4.78, 5) is 18.0. The molecule has 2 N–H and O–H groups in total. The van der Waals surface area contributed by atoms with Crippen LogP contribution in [-0.2, 0) is 9.53 Å². The van der Waals surface area contributed by atoms with E-state index in [2.05, 4.69) is 15.6 Å². The van der Waals surface area contributed by atoms with E-state index < -0.39 is 0 Å². The van der Waals surface area contributed by atoms with E-state index in [4.69, 9.17) is 4.74 Å². The van der Waals surface area contributed by atoms with Gasteiger partial charge in [-0.3, -0.25) is 9.79 Å². The summed E-state index contributed by atoms with van der Waals surface area (Å²) in [6, 6.07) is 0.302. The Morgan fingerprint density at radius 3 is 2.82 bits per heavy atom. The molecule has 0 aromatic heterocycles. The number of nitrogens with one attached hydrogen (secondary N) is 2. The third kappa shape index (κ3) is 4.60. The summed E-state index contributed by atoms with van der Waals surface area (Å²) < 4.78 is 5.19. The van der Waals surface area contributed by atoms with Crippen molar-refractivity contribution in [1.29, 1.82) is 0 Å². The zero-order valence-electron chi connectivity index (χ0n) is 14.2. The van der Waals surface area contributed by atoms with Gasteiger partial charge in [0.05, 0.1) is 0 Å². The summed E-state index contributed by atoms with van der Waals surface area (Å²) in [6.07, 6.45) is 5.21. The third-order valence-corrected chi connectivity index (χ3v) is 4.83. The maximum atomic E-state index is 11.7. The first-order valence-corrected chi connectivity index (χ1v) is 8.36. The zero-order valence-corrected chi connectivity index (χ0v) is 14.2. The van der Waals surface area contributed by atoms with Crippen molar-refractivity contribution in [3.63, 3.8) is 0 Å². The van der Waals surface area contributed by atoms with Gasteiger partial charge < -0.3 is 20.3 Å². The Bertz CT molecular complexity index is 407. The molecular weight excluding hydrogens is 280 g/mol. The van der Waals surface area contributed by atoms with E-state index in [0.717, 1.165) is 45.0 Å². The predicted octanol–water partition coefficient (Wildman–Crippen LogP) is 0.979. The third-order valence-electron chi connectivity index (χ3n) is 4.83. The molecule has 1 amide bonds. The summed E-state index contributed by atoms with van der Waals surface area (Å²) in [7, 11) is 3.56. The van der Waals surface area contributed by atoms with Crippen molar-refractivity contribution in [2.75, 3.05) is 40.4 Å². The number of methoxy groups -OCH3 is 1. The smallest absolute Gasteiger partial charge is 0.222 e. The number of likely N-dealkylation sites (tertiary alicyclic amines) is 1. The summed E-state index contributed by atoms with van der Waals surface area (Å²) in [5, 5.41) is 6.89. The van der Waals surface area contributed by atoms with Crippen LogP contribution in [0.2, 0.25) is 0 Å². The molecule has 2 aliphatic rings. The molecule has 1 saturated carbocycles. The Kier molecular flexibility index (Phi) is 6.06. The summed E-state index contributed by atoms with van der Waals surface area (Å²) in [5.74, 6) is 1.09. The Morgan fingerprint density at radius 1 is 1.45 bits per heavy atom. The van der Waals surface area contributed by atoms with Gasteiger partial charge in [0.2, 0.25) is 5.91 Å². The predicted molar refractivity (Wildman–Crippen MR) is 87.9 cm³/mol. The van der Waals surface area contributed by atoms with E-state index in [-0.39, 0.29) is 5.91 Å². The van der Waals surface area contributed by atoms with Gasteiger partial charge in [-0.1, -0.05) is 6.92 Å². The van der Waals surface area contributed by atoms with Crippen LogP contribution in [0.4, 0.5) is 0 Å². The Hall–Kier alpha value is -1.30. The second-order valence-corrected chi connectivity index (χ2v) is 6.49. The number of rotatable bonds is 7. The Balaban J connectivity index is 1.73. The highest BCUT2D eigenvalue weighted by atomic mass is 16.5. The van der Waals surface area contributed by atoms with Gasteiger partial charge >= 0.3 is 0 Å². The van der Waals surface area contributed by atoms with Crippen molar-refractivity contribution >= 4 is 11.9 Å². The van der Waals surface area contributed by atoms with E-state index in [1.165, 1.54) is 12.8 Å². The van der Waals surface area contributed by atoms with Crippen molar-refractivity contribution in [2.45, 2.75) is 45.1 Å². The van der Waals surface area contributed by atoms with Crippen LogP contribution in [0.25, 0.3) is 0 Å². The van der Waals surface area contributed by atoms with Crippen molar-refractivity contribution in [2.24, 2.45) is 10.4 Å². The SMILES string of the molecule is CCC(=O)N1CCC(NC(=NC)NCC2(CCOC)CC2)C1. The van der Waals surface area contributed by atoms with Crippen molar-refractivity contribution in [3.8, 4) is 0 Å². The average Bonchev–Trinajstić information content (AvgIpc) is 3.16. The molecule has 2 rings (SSSR count). The second-order valence-electron chi connectivity index (χ2n) is 6.49. The minimum Gasteiger partial charge on any atom is -0.385 e. The highest BCUT2D eigenvalue weighted by Crippen LogP contribution is 2.48. The fraction of sp³-hybridized carbons (Fsp3) is 0.875. The molecule has 22 heavy (non-hydrogen) atoms. The highest BCUT2D eigenvalue weighted by Gasteiger charge is 2.42. The lowest BCUT2D eigenvalue weighted by Crippen LogP contribution is -2.46. The fourth-order valence-electron chi connectivity index (χ4n) is 3.00. The van der Waals surface area contributed by atoms with Crippen molar-refractivity contribution in [1.82, 2.24) is 15.5 Å². The largest absolute Gasteiger partial charge is 0.385 e. The molecule has 0 radical (unpaired) electrons. The van der Waals surface area contributed by atoms with Crippen molar-refractivity contribution in [3.05, 3.63) is 0 Å². The van der Waals surface area contributed by atoms with Crippen LogP contribution in [-0.4, -0.2) is 63.2 Å². The summed E-state index contributed by atoms with van der Waals surface area (Å²) in [5.41, 5.74) is 0.396. The number of aliphatic imine (C=N–C) groups is 1. The first-order valence-electron chi connectivity index (χ1n) is 8.36. The Morgan fingerprint density at radius 2 is 2.23 bits per heavy atom. The van der Waals surface area contributed by atoms with Gasteiger partial charge in [-0.15, -0.1) is 0 Å². The quantitative estimate of drug-likeness (QED) is 0.543. The lowest BCUT2D eigenvalue weighted by molar-refractivity contribution is -0.129. The monoisotopic (exact) mass is 310 g/mol. The number of hydrogen-bond donors (Lipinski definition) is 2. The molecule has 6 nitrogen and oxygen atoms in total. The second kappa shape index (κ2) is 7.81. The lowest BCUT2D eigenvalue weighted by Gasteiger charge is -2.21. The summed E-state index contributed by atoms with van der Waals surface area (Å²) in [6.45, 7) is 5.31. The van der Waals surface area contributed by atoms with Gasteiger partial charge in [0.1, 0.15) is 0 Å². The molecule has 1 unspecified atom stereocenters. The molecule has 0 aromatic rings. The number of carbonyl (C=O) groups is 1. The fourth-order valence-corrected chi connectivity index (χ4v) is 3.00. The molecule has 0 spiro atoms. The van der Waals surface area contributed by atoms with Crippen LogP contribution >= 0.6 is 0 Å². The number of carbonyl (C=O) groups excluding carboxylic acids is 1. The van der Waals surface area contributed by atoms with E-state index in [0.29, 0.717) is 17.9 Å². The minimum absolute atomic E-state index is 0.240. The van der Waals surface area contributed by atoms with Gasteiger partial charge in [-0.05, 0) is 31.1 Å². The highest BCUT2D eigenvalue weighted by molar-refractivity contribution is 5.80. The van der Waals surface area contributed by atoms with Crippen LogP contribution in [0.5, 0.6) is 0 Å². The molecule has 1 heterocycles. The molecule has 1 atom stereocenters. The number of nitrogens with zero attached hydrogens (tertiary/aromatic N) is 2. The van der Waals surface area contributed by atoms with E-state index in [1.54, 1.807) is 14.2 Å². The van der Waals surface area contributed by atoms with Gasteiger partial charge in [0.15, 0.2) is 5.96 Å². The minimum atomic E-state index is 0.240. The molecule has 0 bridgehead atoms. The Labute approximate surface area is 133 Å². The van der Waals surface area contributed by atoms with Crippen LogP contribution in [0, 0.1) is 5.41 Å². The molecular formula is C16H30N4O2. The molecule has 2 fully saturated rings. The number of guanidine groups is 1. The maximum Gasteiger partial charge on any atom is 0.222 e. The maximum absolute atomic E-state index is 11.7. The molecule has 1 aliphatic carbocycles. The van der Waals surface area contributed by atoms with Crippen LogP contribution in [0.15, 0.2) is 4.99 Å². The average molecular weight is 310 g/mol.